The van der Waals surface area contributed by atoms with E-state index in [1.807, 2.05) is 0 Å². The first-order valence-corrected chi connectivity index (χ1v) is 10.5. The molecule has 0 bridgehead atoms. The minimum Gasteiger partial charge on any atom is -0.491 e. The maximum absolute atomic E-state index is 13.3. The van der Waals surface area contributed by atoms with Crippen molar-refractivity contribution in [3.8, 4) is 11.4 Å². The number of aryl methyl sites for hydroxylation is 1. The number of ether oxygens (including phenoxy) is 1. The molecule has 0 unspecified atom stereocenters. The fourth-order valence-corrected chi connectivity index (χ4v) is 4.59. The average Bonchev–Trinajstić information content (AvgIpc) is 3.04. The summed E-state index contributed by atoms with van der Waals surface area (Å²) >= 11 is 13.7. The van der Waals surface area contributed by atoms with Crippen LogP contribution in [0, 0.1) is 22.9 Å². The van der Waals surface area contributed by atoms with E-state index in [1.54, 1.807) is 42.7 Å². The van der Waals surface area contributed by atoms with Crippen LogP contribution in [0.3, 0.4) is 0 Å². The smallest absolute Gasteiger partial charge is 0.220 e. The number of benzene rings is 2. The number of thioether (sulfide) groups is 1. The van der Waals surface area contributed by atoms with Gasteiger partial charge in [-0.3, -0.25) is 14.7 Å². The molecule has 3 rings (SSSR count). The molecule has 7 nitrogen and oxygen atoms in total. The first-order valence-electron chi connectivity index (χ1n) is 8.88. The van der Waals surface area contributed by atoms with Crippen molar-refractivity contribution in [1.29, 1.82) is 0 Å². The summed E-state index contributed by atoms with van der Waals surface area (Å²) < 4.78 is 20.4. The number of hydrogen-bond donors (Lipinski definition) is 0. The normalized spacial score (nSPS) is 12.0. The monoisotopic (exact) mass is 470 g/mol. The van der Waals surface area contributed by atoms with Gasteiger partial charge in [0, 0.05) is 10.6 Å². The summed E-state index contributed by atoms with van der Waals surface area (Å²) in [6.07, 6.45) is 0. The van der Waals surface area contributed by atoms with Gasteiger partial charge in [-0.25, -0.2) is 4.39 Å². The Morgan fingerprint density at radius 1 is 1.23 bits per heavy atom. The fraction of sp³-hybridized carbons (Fsp3) is 0.263. The third kappa shape index (κ3) is 5.03. The Labute approximate surface area is 186 Å². The second-order valence-corrected chi connectivity index (χ2v) is 8.19. The van der Waals surface area contributed by atoms with Crippen molar-refractivity contribution < 1.29 is 14.1 Å². The molecule has 1 heterocycles. The molecule has 0 N–H and O–H groups in total. The SMILES string of the molecule is CCOc1c(Cl)cc([C@@H](C[N+](=O)[O-])Sc2nnc(C)n2-c2ccc(F)cc2)cc1Cl. The lowest BCUT2D eigenvalue weighted by molar-refractivity contribution is -0.479. The second-order valence-electron chi connectivity index (χ2n) is 6.21. The van der Waals surface area contributed by atoms with Crippen LogP contribution < -0.4 is 4.74 Å². The third-order valence-electron chi connectivity index (χ3n) is 4.12. The largest absolute Gasteiger partial charge is 0.491 e. The van der Waals surface area contributed by atoms with Gasteiger partial charge in [-0.1, -0.05) is 35.0 Å². The van der Waals surface area contributed by atoms with Gasteiger partial charge in [0.1, 0.15) is 16.9 Å². The van der Waals surface area contributed by atoms with Crippen molar-refractivity contribution in [3.63, 3.8) is 0 Å². The molecular weight excluding hydrogens is 454 g/mol. The Morgan fingerprint density at radius 2 is 1.87 bits per heavy atom. The molecule has 11 heteroatoms. The Hall–Kier alpha value is -2.36. The molecule has 1 aromatic heterocycles. The molecule has 0 saturated carbocycles. The molecule has 0 saturated heterocycles. The van der Waals surface area contributed by atoms with E-state index in [9.17, 15) is 14.5 Å². The van der Waals surface area contributed by atoms with Crippen LogP contribution in [0.2, 0.25) is 10.0 Å². The topological polar surface area (TPSA) is 83.1 Å². The number of aromatic nitrogens is 3. The van der Waals surface area contributed by atoms with Crippen LogP contribution in [0.15, 0.2) is 41.6 Å². The van der Waals surface area contributed by atoms with Crippen molar-refractivity contribution in [2.75, 3.05) is 13.2 Å². The predicted molar refractivity (Wildman–Crippen MR) is 114 cm³/mol. The van der Waals surface area contributed by atoms with E-state index in [2.05, 4.69) is 10.2 Å². The minimum atomic E-state index is -0.645. The molecule has 2 aromatic carbocycles. The zero-order valence-electron chi connectivity index (χ0n) is 16.0. The van der Waals surface area contributed by atoms with Gasteiger partial charge in [0.2, 0.25) is 6.54 Å². The summed E-state index contributed by atoms with van der Waals surface area (Å²) in [5.74, 6) is 0.523. The summed E-state index contributed by atoms with van der Waals surface area (Å²) in [5.41, 5.74) is 1.20. The zero-order chi connectivity index (χ0) is 21.8. The highest BCUT2D eigenvalue weighted by Gasteiger charge is 2.25. The van der Waals surface area contributed by atoms with Crippen LogP contribution in [0.1, 0.15) is 23.6 Å². The van der Waals surface area contributed by atoms with Crippen LogP contribution in [0.4, 0.5) is 4.39 Å². The fourth-order valence-electron chi connectivity index (χ4n) is 2.83. The molecule has 0 spiro atoms. The highest BCUT2D eigenvalue weighted by molar-refractivity contribution is 7.99. The lowest BCUT2D eigenvalue weighted by Gasteiger charge is -2.16. The Balaban J connectivity index is 2.00. The van der Waals surface area contributed by atoms with Crippen LogP contribution in [-0.4, -0.2) is 32.8 Å². The van der Waals surface area contributed by atoms with Crippen molar-refractivity contribution in [3.05, 3.63) is 73.8 Å². The number of nitrogens with zero attached hydrogens (tertiary/aromatic N) is 4. The van der Waals surface area contributed by atoms with Crippen LogP contribution >= 0.6 is 35.0 Å². The highest BCUT2D eigenvalue weighted by atomic mass is 35.5. The molecule has 0 aliphatic rings. The summed E-state index contributed by atoms with van der Waals surface area (Å²) in [7, 11) is 0. The van der Waals surface area contributed by atoms with E-state index in [0.29, 0.717) is 34.6 Å². The van der Waals surface area contributed by atoms with Gasteiger partial charge in [-0.15, -0.1) is 10.2 Å². The maximum atomic E-state index is 13.3. The first kappa shape index (κ1) is 22.3. The molecular formula is C19H17Cl2FN4O3S. The Morgan fingerprint density at radius 3 is 2.43 bits per heavy atom. The van der Waals surface area contributed by atoms with Gasteiger partial charge in [0.15, 0.2) is 10.9 Å². The van der Waals surface area contributed by atoms with Crippen LogP contribution in [0.5, 0.6) is 5.75 Å². The average molecular weight is 471 g/mol. The van der Waals surface area contributed by atoms with Gasteiger partial charge in [-0.05, 0) is 55.8 Å². The summed E-state index contributed by atoms with van der Waals surface area (Å²) in [4.78, 5) is 10.9. The van der Waals surface area contributed by atoms with E-state index >= 15 is 0 Å². The highest BCUT2D eigenvalue weighted by Crippen LogP contribution is 2.41. The minimum absolute atomic E-state index is 0.268. The van der Waals surface area contributed by atoms with E-state index in [4.69, 9.17) is 27.9 Å². The molecule has 0 aliphatic carbocycles. The molecule has 158 valence electrons. The standard InChI is InChI=1S/C19H17Cl2FN4O3S/c1-3-29-18-15(20)8-12(9-16(18)21)17(10-25(27)28)30-19-24-23-11(2)26(19)14-6-4-13(22)5-7-14/h4-9,17H,3,10H2,1-2H3/t17-/m1/s1. The molecule has 0 fully saturated rings. The van der Waals surface area contributed by atoms with Crippen molar-refractivity contribution in [2.45, 2.75) is 24.3 Å². The predicted octanol–water partition coefficient (Wildman–Crippen LogP) is 5.53. The van der Waals surface area contributed by atoms with E-state index < -0.39 is 10.2 Å². The first-order chi connectivity index (χ1) is 14.3. The quantitative estimate of drug-likeness (QED) is 0.244. The molecule has 30 heavy (non-hydrogen) atoms. The van der Waals surface area contributed by atoms with Gasteiger partial charge in [0.05, 0.1) is 16.7 Å². The third-order valence-corrected chi connectivity index (χ3v) is 5.87. The zero-order valence-corrected chi connectivity index (χ0v) is 18.3. The Kier molecular flexibility index (Phi) is 7.17. The molecule has 1 atom stereocenters. The number of nitro groups is 1. The number of rotatable bonds is 8. The maximum Gasteiger partial charge on any atom is 0.220 e. The van der Waals surface area contributed by atoms with Gasteiger partial charge in [-0.2, -0.15) is 0 Å². The molecule has 0 amide bonds. The second kappa shape index (κ2) is 9.63. The van der Waals surface area contributed by atoms with Crippen molar-refractivity contribution in [2.24, 2.45) is 0 Å². The Bertz CT molecular complexity index is 1040. The van der Waals surface area contributed by atoms with Crippen LogP contribution in [0.25, 0.3) is 5.69 Å². The van der Waals surface area contributed by atoms with E-state index in [-0.39, 0.29) is 22.4 Å². The lowest BCUT2D eigenvalue weighted by Crippen LogP contribution is -2.11. The van der Waals surface area contributed by atoms with E-state index in [0.717, 1.165) is 11.8 Å². The van der Waals surface area contributed by atoms with Gasteiger partial charge < -0.3 is 4.74 Å². The van der Waals surface area contributed by atoms with Crippen LogP contribution in [-0.2, 0) is 0 Å². The van der Waals surface area contributed by atoms with Crippen molar-refractivity contribution >= 4 is 35.0 Å². The van der Waals surface area contributed by atoms with E-state index in [1.165, 1.54) is 12.1 Å². The lowest BCUT2D eigenvalue weighted by atomic mass is 10.1. The van der Waals surface area contributed by atoms with Crippen molar-refractivity contribution in [1.82, 2.24) is 14.8 Å². The number of halogens is 3. The molecule has 3 aromatic rings. The van der Waals surface area contributed by atoms with Gasteiger partial charge >= 0.3 is 0 Å². The summed E-state index contributed by atoms with van der Waals surface area (Å²) in [6.45, 7) is 3.54. The molecule has 0 aliphatic heterocycles. The summed E-state index contributed by atoms with van der Waals surface area (Å²) in [5, 5.41) is 19.9. The van der Waals surface area contributed by atoms with Gasteiger partial charge in [0.25, 0.3) is 0 Å². The summed E-state index contributed by atoms with van der Waals surface area (Å²) in [6, 6.07) is 9.02. The molecule has 0 radical (unpaired) electrons. The number of hydrogen-bond acceptors (Lipinski definition) is 6.